The first-order chi connectivity index (χ1) is 21.2. The van der Waals surface area contributed by atoms with Crippen LogP contribution in [0, 0.1) is 11.3 Å². The molecular weight excluding hydrogens is 609 g/mol. The minimum Gasteiger partial charge on any atom is -0.490 e. The molecule has 2 heterocycles. The SMILES string of the molecule is CCCCS(=O)CC(COc1ccc(C(C)(C)C)cc1)OC(=O)CSc1nc(-c2cccs2)cc(-c2ccccc2)c1C#N. The lowest BCUT2D eigenvalue weighted by Gasteiger charge is -2.21. The summed E-state index contributed by atoms with van der Waals surface area (Å²) in [4.78, 5) is 18.9. The molecule has 2 aromatic heterocycles. The largest absolute Gasteiger partial charge is 0.490 e. The van der Waals surface area contributed by atoms with Crippen LogP contribution in [0.3, 0.4) is 0 Å². The zero-order valence-electron chi connectivity index (χ0n) is 25.6. The molecule has 2 unspecified atom stereocenters. The van der Waals surface area contributed by atoms with Crippen molar-refractivity contribution in [2.45, 2.75) is 57.1 Å². The first kappa shape index (κ1) is 33.4. The molecule has 0 N–H and O–H groups in total. The van der Waals surface area contributed by atoms with E-state index in [0.29, 0.717) is 22.1 Å². The van der Waals surface area contributed by atoms with Gasteiger partial charge in [-0.25, -0.2) is 4.98 Å². The second-order valence-corrected chi connectivity index (χ2v) is 14.9. The maximum absolute atomic E-state index is 13.2. The summed E-state index contributed by atoms with van der Waals surface area (Å²) in [6.07, 6.45) is 1.10. The molecule has 0 saturated heterocycles. The molecule has 0 aliphatic heterocycles. The molecule has 230 valence electrons. The van der Waals surface area contributed by atoms with Gasteiger partial charge in [-0.1, -0.05) is 94.4 Å². The van der Waals surface area contributed by atoms with E-state index in [0.717, 1.165) is 34.5 Å². The lowest BCUT2D eigenvalue weighted by atomic mass is 9.87. The van der Waals surface area contributed by atoms with Crippen molar-refractivity contribution in [1.29, 1.82) is 5.26 Å². The Balaban J connectivity index is 1.49. The maximum Gasteiger partial charge on any atom is 0.316 e. The summed E-state index contributed by atoms with van der Waals surface area (Å²) >= 11 is 2.74. The van der Waals surface area contributed by atoms with Gasteiger partial charge in [-0.05, 0) is 52.6 Å². The first-order valence-electron chi connectivity index (χ1n) is 14.6. The third-order valence-corrected chi connectivity index (χ3v) is 10.2. The molecule has 0 fully saturated rings. The maximum atomic E-state index is 13.2. The van der Waals surface area contributed by atoms with Gasteiger partial charge >= 0.3 is 5.97 Å². The highest BCUT2D eigenvalue weighted by Crippen LogP contribution is 2.35. The zero-order valence-corrected chi connectivity index (χ0v) is 28.0. The summed E-state index contributed by atoms with van der Waals surface area (Å²) in [5.41, 5.74) is 4.02. The molecule has 2 aromatic carbocycles. The van der Waals surface area contributed by atoms with Gasteiger partial charge < -0.3 is 9.47 Å². The monoisotopic (exact) mass is 646 g/mol. The van der Waals surface area contributed by atoms with E-state index in [1.165, 1.54) is 17.3 Å². The fraction of sp³-hybridized carbons (Fsp3) is 0.343. The number of benzene rings is 2. The number of hydrogen-bond acceptors (Lipinski definition) is 8. The van der Waals surface area contributed by atoms with E-state index >= 15 is 0 Å². The Morgan fingerprint density at radius 2 is 1.84 bits per heavy atom. The van der Waals surface area contributed by atoms with Crippen molar-refractivity contribution >= 4 is 39.9 Å². The van der Waals surface area contributed by atoms with Gasteiger partial charge in [0.1, 0.15) is 29.6 Å². The van der Waals surface area contributed by atoms with Crippen LogP contribution < -0.4 is 4.74 Å². The van der Waals surface area contributed by atoms with E-state index < -0.39 is 22.9 Å². The molecule has 0 spiro atoms. The second kappa shape index (κ2) is 16.0. The number of aromatic nitrogens is 1. The van der Waals surface area contributed by atoms with Crippen LogP contribution in [-0.2, 0) is 25.7 Å². The highest BCUT2D eigenvalue weighted by atomic mass is 32.2. The molecule has 0 aliphatic carbocycles. The molecule has 0 radical (unpaired) electrons. The predicted octanol–water partition coefficient (Wildman–Crippen LogP) is 8.28. The Bertz CT molecular complexity index is 1580. The van der Waals surface area contributed by atoms with Crippen LogP contribution in [0.4, 0.5) is 0 Å². The Kier molecular flexibility index (Phi) is 12.2. The Hall–Kier alpha value is -3.45. The summed E-state index contributed by atoms with van der Waals surface area (Å²) in [5.74, 6) is 0.876. The molecule has 44 heavy (non-hydrogen) atoms. The van der Waals surface area contributed by atoms with Crippen LogP contribution in [0.1, 0.15) is 51.7 Å². The number of ether oxygens (including phenoxy) is 2. The number of rotatable bonds is 14. The van der Waals surface area contributed by atoms with Crippen molar-refractivity contribution in [3.05, 3.63) is 89.3 Å². The number of pyridine rings is 1. The quantitative estimate of drug-likeness (QED) is 0.101. The van der Waals surface area contributed by atoms with Crippen molar-refractivity contribution in [2.24, 2.45) is 0 Å². The number of esters is 1. The summed E-state index contributed by atoms with van der Waals surface area (Å²) in [7, 11) is -1.15. The Morgan fingerprint density at radius 3 is 2.48 bits per heavy atom. The third-order valence-electron chi connectivity index (χ3n) is 6.83. The number of thiophene rings is 1. The molecule has 0 aliphatic rings. The van der Waals surface area contributed by atoms with Crippen molar-refractivity contribution in [3.8, 4) is 33.5 Å². The average Bonchev–Trinajstić information content (AvgIpc) is 3.57. The molecule has 0 saturated carbocycles. The van der Waals surface area contributed by atoms with E-state index in [1.807, 2.05) is 78.2 Å². The van der Waals surface area contributed by atoms with Gasteiger partial charge in [0, 0.05) is 22.1 Å². The fourth-order valence-electron chi connectivity index (χ4n) is 4.43. The second-order valence-electron chi connectivity index (χ2n) is 11.3. The predicted molar refractivity (Wildman–Crippen MR) is 182 cm³/mol. The first-order valence-corrected chi connectivity index (χ1v) is 18.0. The van der Waals surface area contributed by atoms with Crippen molar-refractivity contribution < 1.29 is 18.5 Å². The lowest BCUT2D eigenvalue weighted by molar-refractivity contribution is -0.146. The van der Waals surface area contributed by atoms with Gasteiger partial charge in [0.15, 0.2) is 0 Å². The smallest absolute Gasteiger partial charge is 0.316 e. The van der Waals surface area contributed by atoms with Crippen LogP contribution >= 0.6 is 23.1 Å². The van der Waals surface area contributed by atoms with Gasteiger partial charge in [-0.15, -0.1) is 11.3 Å². The summed E-state index contributed by atoms with van der Waals surface area (Å²) < 4.78 is 24.6. The van der Waals surface area contributed by atoms with Crippen LogP contribution in [0.2, 0.25) is 0 Å². The topological polar surface area (TPSA) is 89.3 Å². The normalized spacial score (nSPS) is 12.7. The van der Waals surface area contributed by atoms with Gasteiger partial charge in [0.25, 0.3) is 0 Å². The van der Waals surface area contributed by atoms with Crippen LogP contribution in [0.5, 0.6) is 5.75 Å². The third kappa shape index (κ3) is 9.52. The molecule has 9 heteroatoms. The van der Waals surface area contributed by atoms with Crippen LogP contribution in [-0.4, -0.2) is 45.1 Å². The summed E-state index contributed by atoms with van der Waals surface area (Å²) in [6, 6.07) is 25.7. The van der Waals surface area contributed by atoms with E-state index in [4.69, 9.17) is 14.5 Å². The highest BCUT2D eigenvalue weighted by molar-refractivity contribution is 8.00. The molecule has 2 atom stereocenters. The van der Waals surface area contributed by atoms with Gasteiger partial charge in [-0.3, -0.25) is 9.00 Å². The average molecular weight is 647 g/mol. The molecular formula is C35H38N2O4S3. The fourth-order valence-corrected chi connectivity index (χ4v) is 7.26. The summed E-state index contributed by atoms with van der Waals surface area (Å²) in [6.45, 7) is 8.60. The van der Waals surface area contributed by atoms with Crippen molar-refractivity contribution in [3.63, 3.8) is 0 Å². The molecule has 0 bridgehead atoms. The van der Waals surface area contributed by atoms with Crippen LogP contribution in [0.25, 0.3) is 21.7 Å². The Labute approximate surface area is 271 Å². The lowest BCUT2D eigenvalue weighted by Crippen LogP contribution is -2.32. The van der Waals surface area contributed by atoms with E-state index in [2.05, 4.69) is 33.8 Å². The van der Waals surface area contributed by atoms with E-state index in [-0.39, 0.29) is 23.5 Å². The number of thioether (sulfide) groups is 1. The summed E-state index contributed by atoms with van der Waals surface area (Å²) in [5, 5.41) is 12.6. The van der Waals surface area contributed by atoms with Crippen LogP contribution in [0.15, 0.2) is 83.2 Å². The molecule has 4 aromatic rings. The number of carbonyl (C=O) groups excluding carboxylic acids is 1. The zero-order chi connectivity index (χ0) is 31.5. The van der Waals surface area contributed by atoms with Crippen molar-refractivity contribution in [1.82, 2.24) is 4.98 Å². The van der Waals surface area contributed by atoms with Crippen molar-refractivity contribution in [2.75, 3.05) is 23.9 Å². The highest BCUT2D eigenvalue weighted by Gasteiger charge is 2.22. The molecule has 0 amide bonds. The molecule has 6 nitrogen and oxygen atoms in total. The van der Waals surface area contributed by atoms with E-state index in [1.54, 1.807) is 11.3 Å². The Morgan fingerprint density at radius 1 is 1.09 bits per heavy atom. The van der Waals surface area contributed by atoms with Gasteiger partial charge in [-0.2, -0.15) is 5.26 Å². The number of hydrogen-bond donors (Lipinski definition) is 0. The van der Waals surface area contributed by atoms with E-state index in [9.17, 15) is 14.3 Å². The standard InChI is InChI=1S/C35H38N2O4S3/c1-5-6-19-44(39)24-28(22-40-27-16-14-26(15-17-27)35(2,3)4)41-33(38)23-43-34-30(21-36)29(25-11-8-7-9-12-25)20-31(37-34)32-13-10-18-42-32/h7-18,20,28H,5-6,19,22-24H2,1-4H3. The number of carbonyl (C=O) groups is 1. The number of nitrogens with zero attached hydrogens (tertiary/aromatic N) is 2. The van der Waals surface area contributed by atoms with Gasteiger partial charge in [0.2, 0.25) is 0 Å². The molecule has 4 rings (SSSR count). The number of nitriles is 1. The number of unbranched alkanes of at least 4 members (excludes halogenated alkanes) is 1. The minimum atomic E-state index is -1.15. The minimum absolute atomic E-state index is 0.0237. The van der Waals surface area contributed by atoms with Gasteiger partial charge in [0.05, 0.1) is 27.6 Å².